The van der Waals surface area contributed by atoms with Crippen LogP contribution in [0, 0.1) is 5.92 Å². The molecule has 1 saturated heterocycles. The van der Waals surface area contributed by atoms with Gasteiger partial charge >= 0.3 is 0 Å². The number of piperazine rings is 1. The molecule has 0 aromatic heterocycles. The number of carbonyl (C=O) groups is 1. The predicted molar refractivity (Wildman–Crippen MR) is 97.6 cm³/mol. The number of carbonyl (C=O) groups excluding carboxylic acids is 1. The summed E-state index contributed by atoms with van der Waals surface area (Å²) >= 11 is 3.44. The number of ether oxygens (including phenoxy) is 1. The van der Waals surface area contributed by atoms with Crippen molar-refractivity contribution < 1.29 is 9.53 Å². The van der Waals surface area contributed by atoms with Crippen LogP contribution in [0.5, 0.6) is 5.75 Å². The first-order chi connectivity index (χ1) is 11.0. The largest absolute Gasteiger partial charge is 0.496 e. The topological polar surface area (TPSA) is 32.8 Å². The second-order valence-electron chi connectivity index (χ2n) is 6.24. The van der Waals surface area contributed by atoms with Crippen LogP contribution in [-0.4, -0.2) is 55.5 Å². The number of methoxy groups -OCH3 is 1. The first-order valence-electron chi connectivity index (χ1n) is 8.02. The predicted octanol–water partition coefficient (Wildman–Crippen LogP) is 3.27. The molecule has 0 spiro atoms. The maximum Gasteiger partial charge on any atom is 0.246 e. The first-order valence-corrected chi connectivity index (χ1v) is 8.81. The number of hydrogen-bond acceptors (Lipinski definition) is 3. The fraction of sp³-hybridized carbons (Fsp3) is 0.500. The number of halogens is 1. The summed E-state index contributed by atoms with van der Waals surface area (Å²) in [5.74, 6) is 1.50. The summed E-state index contributed by atoms with van der Waals surface area (Å²) in [4.78, 5) is 16.7. The molecule has 126 valence electrons. The Bertz CT molecular complexity index is 564. The third-order valence-corrected chi connectivity index (χ3v) is 4.40. The smallest absolute Gasteiger partial charge is 0.246 e. The van der Waals surface area contributed by atoms with Crippen LogP contribution in [0.25, 0.3) is 6.08 Å². The van der Waals surface area contributed by atoms with Crippen LogP contribution >= 0.6 is 15.9 Å². The Morgan fingerprint density at radius 2 is 2.00 bits per heavy atom. The lowest BCUT2D eigenvalue weighted by molar-refractivity contribution is -0.127. The Balaban J connectivity index is 1.94. The molecule has 1 fully saturated rings. The quantitative estimate of drug-likeness (QED) is 0.734. The Morgan fingerprint density at radius 1 is 1.30 bits per heavy atom. The van der Waals surface area contributed by atoms with E-state index in [0.29, 0.717) is 5.92 Å². The fourth-order valence-corrected chi connectivity index (χ4v) is 3.15. The SMILES string of the molecule is COc1ccc(Br)cc1/C=C/C(=O)N1CCN(CC(C)C)CC1. The third-order valence-electron chi connectivity index (χ3n) is 3.90. The molecule has 0 atom stereocenters. The van der Waals surface area contributed by atoms with Crippen LogP contribution in [-0.2, 0) is 4.79 Å². The number of nitrogens with zero attached hydrogens (tertiary/aromatic N) is 2. The molecule has 2 rings (SSSR count). The summed E-state index contributed by atoms with van der Waals surface area (Å²) in [5.41, 5.74) is 0.897. The van der Waals surface area contributed by atoms with Gasteiger partial charge in [0.05, 0.1) is 7.11 Å². The van der Waals surface area contributed by atoms with Gasteiger partial charge in [0.2, 0.25) is 5.91 Å². The van der Waals surface area contributed by atoms with Crippen LogP contribution in [0.1, 0.15) is 19.4 Å². The van der Waals surface area contributed by atoms with Crippen molar-refractivity contribution in [3.05, 3.63) is 34.3 Å². The highest BCUT2D eigenvalue weighted by atomic mass is 79.9. The molecule has 0 radical (unpaired) electrons. The van der Waals surface area contributed by atoms with E-state index < -0.39 is 0 Å². The van der Waals surface area contributed by atoms with Crippen LogP contribution in [0.3, 0.4) is 0 Å². The minimum absolute atomic E-state index is 0.0659. The van der Waals surface area contributed by atoms with E-state index in [1.54, 1.807) is 13.2 Å². The van der Waals surface area contributed by atoms with Gasteiger partial charge in [-0.2, -0.15) is 0 Å². The lowest BCUT2D eigenvalue weighted by atomic mass is 10.1. The van der Waals surface area contributed by atoms with E-state index in [-0.39, 0.29) is 5.91 Å². The average molecular weight is 381 g/mol. The average Bonchev–Trinajstić information content (AvgIpc) is 2.53. The van der Waals surface area contributed by atoms with Crippen molar-refractivity contribution in [1.82, 2.24) is 9.80 Å². The van der Waals surface area contributed by atoms with Crippen molar-refractivity contribution >= 4 is 27.9 Å². The van der Waals surface area contributed by atoms with Crippen molar-refractivity contribution in [1.29, 1.82) is 0 Å². The minimum atomic E-state index is 0.0659. The summed E-state index contributed by atoms with van der Waals surface area (Å²) in [6.45, 7) is 9.07. The zero-order valence-corrected chi connectivity index (χ0v) is 15.7. The lowest BCUT2D eigenvalue weighted by Gasteiger charge is -2.35. The van der Waals surface area contributed by atoms with Crippen molar-refractivity contribution in [2.45, 2.75) is 13.8 Å². The van der Waals surface area contributed by atoms with Gasteiger partial charge in [0.25, 0.3) is 0 Å². The standard InChI is InChI=1S/C18H25BrN2O2/c1-14(2)13-20-8-10-21(11-9-20)18(22)7-4-15-12-16(19)5-6-17(15)23-3/h4-7,12,14H,8-11,13H2,1-3H3/b7-4+. The Labute approximate surface area is 147 Å². The normalized spacial score (nSPS) is 16.3. The molecule has 1 aliphatic heterocycles. The van der Waals surface area contributed by atoms with Gasteiger partial charge < -0.3 is 9.64 Å². The van der Waals surface area contributed by atoms with Crippen LogP contribution in [0.15, 0.2) is 28.7 Å². The van der Waals surface area contributed by atoms with Gasteiger partial charge in [0.1, 0.15) is 5.75 Å². The number of amides is 1. The molecule has 1 aromatic carbocycles. The number of hydrogen-bond donors (Lipinski definition) is 0. The molecular weight excluding hydrogens is 356 g/mol. The fourth-order valence-electron chi connectivity index (χ4n) is 2.77. The zero-order valence-electron chi connectivity index (χ0n) is 14.1. The maximum atomic E-state index is 12.4. The van der Waals surface area contributed by atoms with E-state index in [2.05, 4.69) is 34.7 Å². The Kier molecular flexibility index (Phi) is 6.66. The van der Waals surface area contributed by atoms with Crippen molar-refractivity contribution in [3.8, 4) is 5.75 Å². The molecule has 0 bridgehead atoms. The summed E-state index contributed by atoms with van der Waals surface area (Å²) < 4.78 is 6.29. The number of rotatable bonds is 5. The van der Waals surface area contributed by atoms with E-state index in [1.165, 1.54) is 0 Å². The van der Waals surface area contributed by atoms with Crippen LogP contribution in [0.2, 0.25) is 0 Å². The highest BCUT2D eigenvalue weighted by Crippen LogP contribution is 2.24. The van der Waals surface area contributed by atoms with E-state index in [9.17, 15) is 4.79 Å². The summed E-state index contributed by atoms with van der Waals surface area (Å²) in [6, 6.07) is 5.76. The van der Waals surface area contributed by atoms with Gasteiger partial charge in [-0.3, -0.25) is 9.69 Å². The monoisotopic (exact) mass is 380 g/mol. The van der Waals surface area contributed by atoms with E-state index in [4.69, 9.17) is 4.74 Å². The van der Waals surface area contributed by atoms with Crippen molar-refractivity contribution in [3.63, 3.8) is 0 Å². The van der Waals surface area contributed by atoms with Gasteiger partial charge in [-0.15, -0.1) is 0 Å². The molecule has 5 heteroatoms. The van der Waals surface area contributed by atoms with Gasteiger partial charge in [-0.1, -0.05) is 29.8 Å². The maximum absolute atomic E-state index is 12.4. The highest BCUT2D eigenvalue weighted by molar-refractivity contribution is 9.10. The molecule has 0 saturated carbocycles. The van der Waals surface area contributed by atoms with Gasteiger partial charge in [-0.25, -0.2) is 0 Å². The van der Waals surface area contributed by atoms with Crippen molar-refractivity contribution in [2.75, 3.05) is 39.8 Å². The van der Waals surface area contributed by atoms with E-state index in [0.717, 1.165) is 48.5 Å². The molecule has 1 aromatic rings. The molecule has 23 heavy (non-hydrogen) atoms. The van der Waals surface area contributed by atoms with Gasteiger partial charge in [0.15, 0.2) is 0 Å². The Morgan fingerprint density at radius 3 is 2.61 bits per heavy atom. The van der Waals surface area contributed by atoms with Crippen LogP contribution < -0.4 is 4.74 Å². The van der Waals surface area contributed by atoms with E-state index >= 15 is 0 Å². The highest BCUT2D eigenvalue weighted by Gasteiger charge is 2.19. The summed E-state index contributed by atoms with van der Waals surface area (Å²) in [6.07, 6.45) is 3.47. The first kappa shape index (κ1) is 18.0. The minimum Gasteiger partial charge on any atom is -0.496 e. The van der Waals surface area contributed by atoms with Gasteiger partial charge in [0, 0.05) is 48.8 Å². The molecule has 1 amide bonds. The lowest BCUT2D eigenvalue weighted by Crippen LogP contribution is -2.49. The second kappa shape index (κ2) is 8.50. The second-order valence-corrected chi connectivity index (χ2v) is 7.16. The molecule has 0 N–H and O–H groups in total. The molecule has 1 aliphatic rings. The third kappa shape index (κ3) is 5.36. The van der Waals surface area contributed by atoms with Crippen molar-refractivity contribution in [2.24, 2.45) is 5.92 Å². The zero-order chi connectivity index (χ0) is 16.8. The molecule has 0 unspecified atom stereocenters. The molecule has 0 aliphatic carbocycles. The summed E-state index contributed by atoms with van der Waals surface area (Å²) in [5, 5.41) is 0. The summed E-state index contributed by atoms with van der Waals surface area (Å²) in [7, 11) is 1.64. The molecule has 4 nitrogen and oxygen atoms in total. The van der Waals surface area contributed by atoms with Crippen LogP contribution in [0.4, 0.5) is 0 Å². The van der Waals surface area contributed by atoms with Gasteiger partial charge in [-0.05, 0) is 30.2 Å². The van der Waals surface area contributed by atoms with E-state index in [1.807, 2.05) is 29.2 Å². The number of benzene rings is 1. The Hall–Kier alpha value is -1.33. The molecule has 1 heterocycles. The molecular formula is C18H25BrN2O2.